The lowest BCUT2D eigenvalue weighted by Gasteiger charge is -2.13. The molecule has 5 heteroatoms. The Kier molecular flexibility index (Phi) is 7.94. The van der Waals surface area contributed by atoms with Crippen LogP contribution < -0.4 is 5.32 Å². The first-order valence-corrected chi connectivity index (χ1v) is 6.81. The van der Waals surface area contributed by atoms with Gasteiger partial charge in [0.1, 0.15) is 6.04 Å². The van der Waals surface area contributed by atoms with E-state index in [0.717, 1.165) is 25.0 Å². The van der Waals surface area contributed by atoms with E-state index in [1.807, 2.05) is 6.26 Å². The van der Waals surface area contributed by atoms with E-state index in [2.05, 4.69) is 5.32 Å². The van der Waals surface area contributed by atoms with Crippen LogP contribution in [0.3, 0.4) is 0 Å². The largest absolute Gasteiger partial charge is 0.480 e. The zero-order chi connectivity index (χ0) is 13.1. The van der Waals surface area contributed by atoms with Crippen molar-refractivity contribution in [3.05, 3.63) is 0 Å². The third-order valence-electron chi connectivity index (χ3n) is 2.15. The van der Waals surface area contributed by atoms with Gasteiger partial charge < -0.3 is 10.4 Å². The van der Waals surface area contributed by atoms with Crippen molar-refractivity contribution in [1.82, 2.24) is 5.32 Å². The Labute approximate surface area is 103 Å². The first kappa shape index (κ1) is 13.4. The molecule has 0 saturated carbocycles. The number of nitrogens with one attached hydrogen (secondary N) is 1. The molecule has 0 aliphatic rings. The third kappa shape index (κ3) is 7.56. The molecule has 0 heterocycles. The van der Waals surface area contributed by atoms with Gasteiger partial charge in [-0.15, -0.1) is 0 Å². The Morgan fingerprint density at radius 1 is 1.50 bits per heavy atom. The van der Waals surface area contributed by atoms with Crippen molar-refractivity contribution in [2.75, 3.05) is 12.0 Å². The fourth-order valence-electron chi connectivity index (χ4n) is 1.22. The maximum absolute atomic E-state index is 11.5. The zero-order valence-electron chi connectivity index (χ0n) is 10.7. The monoisotopic (exact) mass is 248 g/mol. The number of rotatable bonds is 9. The van der Waals surface area contributed by atoms with Crippen molar-refractivity contribution in [1.29, 1.82) is 0 Å². The Bertz CT molecular complexity index is 239. The van der Waals surface area contributed by atoms with Crippen LogP contribution in [0.5, 0.6) is 0 Å². The molecule has 0 saturated heterocycles. The highest BCUT2D eigenvalue weighted by Gasteiger charge is 2.18. The number of hydrogen-bond donors (Lipinski definition) is 2. The Morgan fingerprint density at radius 2 is 2.25 bits per heavy atom. The van der Waals surface area contributed by atoms with Gasteiger partial charge in [0.05, 0.1) is 0 Å². The smallest absolute Gasteiger partial charge is 0.326 e. The van der Waals surface area contributed by atoms with Crippen LogP contribution in [0.1, 0.15) is 40.4 Å². The van der Waals surface area contributed by atoms with E-state index in [-0.39, 0.29) is 5.91 Å². The molecule has 2 N–H and O–H groups in total. The summed E-state index contributed by atoms with van der Waals surface area (Å²) in [7, 11) is 0. The van der Waals surface area contributed by atoms with Crippen LogP contribution in [0.15, 0.2) is 0 Å². The molecule has 0 fully saturated rings. The summed E-state index contributed by atoms with van der Waals surface area (Å²) in [6.45, 7) is 0.382. The van der Waals surface area contributed by atoms with Gasteiger partial charge in [-0.3, -0.25) is 4.79 Å². The summed E-state index contributed by atoms with van der Waals surface area (Å²) in [6.07, 6.45) is 5.07. The lowest BCUT2D eigenvalue weighted by atomic mass is 10.1. The van der Waals surface area contributed by atoms with Crippen molar-refractivity contribution < 1.29 is 16.1 Å². The molecule has 1 atom stereocenters. The topological polar surface area (TPSA) is 66.4 Å². The van der Waals surface area contributed by atoms with E-state index in [1.54, 1.807) is 11.8 Å². The quantitative estimate of drug-likeness (QED) is 0.611. The van der Waals surface area contributed by atoms with Gasteiger partial charge >= 0.3 is 5.97 Å². The van der Waals surface area contributed by atoms with Crippen LogP contribution in [0.25, 0.3) is 0 Å². The molecule has 1 amide bonds. The third-order valence-corrected chi connectivity index (χ3v) is 2.79. The molecule has 0 rings (SSSR count). The SMILES string of the molecule is [2H]CCCCCC(=O)N[C@@H](CCSC)C(=O)O. The molecular weight excluding hydrogens is 226 g/mol. The van der Waals surface area contributed by atoms with Gasteiger partial charge in [0.15, 0.2) is 0 Å². The second-order valence-electron chi connectivity index (χ2n) is 3.55. The second-order valence-corrected chi connectivity index (χ2v) is 4.54. The molecular formula is C11H21NO3S. The molecule has 0 aromatic rings. The molecule has 0 radical (unpaired) electrons. The van der Waals surface area contributed by atoms with Crippen molar-refractivity contribution >= 4 is 23.6 Å². The Balaban J connectivity index is 3.83. The van der Waals surface area contributed by atoms with Crippen molar-refractivity contribution in [2.24, 2.45) is 0 Å². The fourth-order valence-corrected chi connectivity index (χ4v) is 1.69. The zero-order valence-corrected chi connectivity index (χ0v) is 10.5. The standard InChI is InChI=1S/C11H21NO3S/c1-3-4-5-6-10(13)12-9(11(14)15)7-8-16-2/h9H,3-8H2,1-2H3,(H,12,13)(H,14,15)/t9-/m0/s1/i1D. The molecule has 0 aromatic carbocycles. The molecule has 0 spiro atoms. The molecule has 0 aromatic heterocycles. The molecule has 16 heavy (non-hydrogen) atoms. The minimum Gasteiger partial charge on any atom is -0.480 e. The molecule has 4 nitrogen and oxygen atoms in total. The summed E-state index contributed by atoms with van der Waals surface area (Å²) in [5.74, 6) is -0.460. The number of carbonyl (C=O) groups is 2. The molecule has 0 bridgehead atoms. The summed E-state index contributed by atoms with van der Waals surface area (Å²) < 4.78 is 6.95. The van der Waals surface area contributed by atoms with E-state index in [0.29, 0.717) is 19.7 Å². The fraction of sp³-hybridized carbons (Fsp3) is 0.818. The Morgan fingerprint density at radius 3 is 2.81 bits per heavy atom. The number of unbranched alkanes of at least 4 members (excludes halogenated alkanes) is 2. The molecule has 94 valence electrons. The summed E-state index contributed by atoms with van der Waals surface area (Å²) in [5.41, 5.74) is 0. The predicted molar refractivity (Wildman–Crippen MR) is 66.7 cm³/mol. The highest BCUT2D eigenvalue weighted by Crippen LogP contribution is 2.03. The summed E-state index contributed by atoms with van der Waals surface area (Å²) in [4.78, 5) is 22.3. The maximum atomic E-state index is 11.5. The molecule has 0 aliphatic carbocycles. The van der Waals surface area contributed by atoms with E-state index in [4.69, 9.17) is 6.48 Å². The minimum atomic E-state index is -0.974. The average Bonchev–Trinajstić information content (AvgIpc) is 2.29. The van der Waals surface area contributed by atoms with Crippen molar-refractivity contribution in [2.45, 2.75) is 45.0 Å². The number of hydrogen-bond acceptors (Lipinski definition) is 3. The van der Waals surface area contributed by atoms with Gasteiger partial charge in [-0.1, -0.05) is 19.7 Å². The predicted octanol–water partition coefficient (Wildman–Crippen LogP) is 1.89. The van der Waals surface area contributed by atoms with Gasteiger partial charge in [0, 0.05) is 7.79 Å². The van der Waals surface area contributed by atoms with Gasteiger partial charge in [0.2, 0.25) is 5.91 Å². The van der Waals surface area contributed by atoms with Gasteiger partial charge in [-0.25, -0.2) is 4.79 Å². The normalized spacial score (nSPS) is 12.9. The van der Waals surface area contributed by atoms with Crippen LogP contribution in [0, 0.1) is 0 Å². The number of carbonyl (C=O) groups excluding carboxylic acids is 1. The number of aliphatic carboxylic acids is 1. The van der Waals surface area contributed by atoms with Gasteiger partial charge in [0.25, 0.3) is 0 Å². The first-order chi connectivity index (χ1) is 8.11. The van der Waals surface area contributed by atoms with Crippen LogP contribution in [0.2, 0.25) is 0 Å². The first-order valence-electron chi connectivity index (χ1n) is 6.13. The average molecular weight is 248 g/mol. The number of amides is 1. The number of thioether (sulfide) groups is 1. The van der Waals surface area contributed by atoms with Crippen LogP contribution in [-0.4, -0.2) is 35.0 Å². The van der Waals surface area contributed by atoms with Crippen molar-refractivity contribution in [3.63, 3.8) is 0 Å². The number of carboxylic acid groups (broad SMARTS) is 1. The minimum absolute atomic E-state index is 0.205. The summed E-state index contributed by atoms with van der Waals surface area (Å²) >= 11 is 1.56. The van der Waals surface area contributed by atoms with E-state index in [9.17, 15) is 9.59 Å². The van der Waals surface area contributed by atoms with Crippen molar-refractivity contribution in [3.8, 4) is 0 Å². The molecule has 0 unspecified atom stereocenters. The van der Waals surface area contributed by atoms with Crippen LogP contribution in [0.4, 0.5) is 0 Å². The van der Waals surface area contributed by atoms with E-state index >= 15 is 0 Å². The highest BCUT2D eigenvalue weighted by atomic mass is 32.2. The molecule has 0 aliphatic heterocycles. The number of carboxylic acids is 1. The van der Waals surface area contributed by atoms with Crippen LogP contribution >= 0.6 is 11.8 Å². The highest BCUT2D eigenvalue weighted by molar-refractivity contribution is 7.98. The Hall–Kier alpha value is -0.710. The maximum Gasteiger partial charge on any atom is 0.326 e. The second kappa shape index (κ2) is 9.51. The van der Waals surface area contributed by atoms with Gasteiger partial charge in [-0.2, -0.15) is 11.8 Å². The lowest BCUT2D eigenvalue weighted by Crippen LogP contribution is -2.41. The van der Waals surface area contributed by atoms with Crippen LogP contribution in [-0.2, 0) is 9.59 Å². The van der Waals surface area contributed by atoms with E-state index in [1.165, 1.54) is 0 Å². The summed E-state index contributed by atoms with van der Waals surface area (Å²) in [6, 6.07) is -0.772. The van der Waals surface area contributed by atoms with E-state index < -0.39 is 12.0 Å². The summed E-state index contributed by atoms with van der Waals surface area (Å²) in [5, 5.41) is 11.4. The lowest BCUT2D eigenvalue weighted by molar-refractivity contribution is -0.141. The van der Waals surface area contributed by atoms with Gasteiger partial charge in [-0.05, 0) is 24.9 Å².